The molecule has 0 radical (unpaired) electrons. The molecule has 0 saturated heterocycles. The Morgan fingerprint density at radius 2 is 1.95 bits per heavy atom. The van der Waals surface area contributed by atoms with Crippen molar-refractivity contribution in [2.45, 2.75) is 32.7 Å². The molecule has 0 heterocycles. The van der Waals surface area contributed by atoms with Crippen molar-refractivity contribution in [1.82, 2.24) is 5.32 Å². The molecule has 0 spiro atoms. The molecule has 6 heteroatoms. The van der Waals surface area contributed by atoms with Gasteiger partial charge in [-0.3, -0.25) is 9.59 Å². The number of benzene rings is 1. The first-order valence-corrected chi connectivity index (χ1v) is 7.35. The SMILES string of the molecule is CCCCNC(=O)C(C)N(CC(=O)O)c1ccc(Cl)cc1. The van der Waals surface area contributed by atoms with Gasteiger partial charge in [0.15, 0.2) is 0 Å². The number of hydrogen-bond acceptors (Lipinski definition) is 3. The minimum Gasteiger partial charge on any atom is -0.480 e. The average molecular weight is 313 g/mol. The van der Waals surface area contributed by atoms with Gasteiger partial charge in [0.2, 0.25) is 5.91 Å². The molecule has 1 amide bonds. The minimum absolute atomic E-state index is 0.181. The molecule has 1 aromatic rings. The third-order valence-corrected chi connectivity index (χ3v) is 3.39. The van der Waals surface area contributed by atoms with Crippen LogP contribution in [-0.4, -0.2) is 36.1 Å². The van der Waals surface area contributed by atoms with Gasteiger partial charge < -0.3 is 15.3 Å². The largest absolute Gasteiger partial charge is 0.480 e. The number of hydrogen-bond donors (Lipinski definition) is 2. The molecular weight excluding hydrogens is 292 g/mol. The van der Waals surface area contributed by atoms with Gasteiger partial charge in [-0.1, -0.05) is 24.9 Å². The summed E-state index contributed by atoms with van der Waals surface area (Å²) in [4.78, 5) is 24.7. The Hall–Kier alpha value is -1.75. The average Bonchev–Trinajstić information content (AvgIpc) is 2.45. The van der Waals surface area contributed by atoms with Crippen LogP contribution in [0.4, 0.5) is 5.69 Å². The van der Waals surface area contributed by atoms with Crippen LogP contribution < -0.4 is 10.2 Å². The van der Waals surface area contributed by atoms with E-state index in [2.05, 4.69) is 5.32 Å². The zero-order valence-electron chi connectivity index (χ0n) is 12.3. The molecule has 1 aromatic carbocycles. The zero-order valence-corrected chi connectivity index (χ0v) is 13.1. The minimum atomic E-state index is -0.988. The lowest BCUT2D eigenvalue weighted by Crippen LogP contribution is -2.47. The first-order chi connectivity index (χ1) is 9.95. The van der Waals surface area contributed by atoms with E-state index in [-0.39, 0.29) is 12.5 Å². The fourth-order valence-electron chi connectivity index (χ4n) is 1.91. The van der Waals surface area contributed by atoms with Crippen molar-refractivity contribution in [2.24, 2.45) is 0 Å². The fourth-order valence-corrected chi connectivity index (χ4v) is 2.03. The maximum absolute atomic E-state index is 12.1. The molecule has 116 valence electrons. The highest BCUT2D eigenvalue weighted by Gasteiger charge is 2.23. The van der Waals surface area contributed by atoms with Crippen molar-refractivity contribution in [3.63, 3.8) is 0 Å². The highest BCUT2D eigenvalue weighted by atomic mass is 35.5. The van der Waals surface area contributed by atoms with Gasteiger partial charge in [-0.05, 0) is 37.6 Å². The van der Waals surface area contributed by atoms with E-state index in [1.54, 1.807) is 36.1 Å². The molecule has 0 saturated carbocycles. The summed E-state index contributed by atoms with van der Waals surface area (Å²) in [7, 11) is 0. The summed E-state index contributed by atoms with van der Waals surface area (Å²) in [6.07, 6.45) is 1.89. The van der Waals surface area contributed by atoms with E-state index >= 15 is 0 Å². The van der Waals surface area contributed by atoms with Crippen LogP contribution in [0.25, 0.3) is 0 Å². The standard InChI is InChI=1S/C15H21ClN2O3/c1-3-4-9-17-15(21)11(2)18(10-14(19)20)13-7-5-12(16)6-8-13/h5-8,11H,3-4,9-10H2,1-2H3,(H,17,21)(H,19,20). The summed E-state index contributed by atoms with van der Waals surface area (Å²) in [6, 6.07) is 6.20. The highest BCUT2D eigenvalue weighted by Crippen LogP contribution is 2.20. The molecule has 1 rings (SSSR count). The van der Waals surface area contributed by atoms with Crippen LogP contribution in [0.2, 0.25) is 5.02 Å². The van der Waals surface area contributed by atoms with Crippen molar-refractivity contribution in [3.8, 4) is 0 Å². The summed E-state index contributed by atoms with van der Waals surface area (Å²) in [5.74, 6) is -1.17. The van der Waals surface area contributed by atoms with E-state index in [1.165, 1.54) is 0 Å². The number of carboxylic acids is 1. The number of carboxylic acid groups (broad SMARTS) is 1. The fraction of sp³-hybridized carbons (Fsp3) is 0.467. The van der Waals surface area contributed by atoms with E-state index < -0.39 is 12.0 Å². The maximum Gasteiger partial charge on any atom is 0.323 e. The van der Waals surface area contributed by atoms with Crippen molar-refractivity contribution < 1.29 is 14.7 Å². The Morgan fingerprint density at radius 3 is 2.48 bits per heavy atom. The molecule has 0 aliphatic carbocycles. The Labute approximate surface area is 129 Å². The first-order valence-electron chi connectivity index (χ1n) is 6.97. The normalized spacial score (nSPS) is 11.8. The van der Waals surface area contributed by atoms with Gasteiger partial charge in [-0.15, -0.1) is 0 Å². The van der Waals surface area contributed by atoms with Crippen LogP contribution in [0.5, 0.6) is 0 Å². The molecule has 0 aliphatic heterocycles. The smallest absolute Gasteiger partial charge is 0.323 e. The summed E-state index contributed by atoms with van der Waals surface area (Å²) in [6.45, 7) is 4.09. The lowest BCUT2D eigenvalue weighted by molar-refractivity contribution is -0.135. The van der Waals surface area contributed by atoms with Crippen molar-refractivity contribution in [2.75, 3.05) is 18.0 Å². The third-order valence-electron chi connectivity index (χ3n) is 3.14. The number of nitrogens with zero attached hydrogens (tertiary/aromatic N) is 1. The number of nitrogens with one attached hydrogen (secondary N) is 1. The third kappa shape index (κ3) is 5.63. The van der Waals surface area contributed by atoms with E-state index in [1.807, 2.05) is 6.92 Å². The van der Waals surface area contributed by atoms with Gasteiger partial charge in [0.1, 0.15) is 12.6 Å². The number of carbonyl (C=O) groups is 2. The molecule has 0 aromatic heterocycles. The predicted octanol–water partition coefficient (Wildman–Crippen LogP) is 2.54. The van der Waals surface area contributed by atoms with Gasteiger partial charge in [0.25, 0.3) is 0 Å². The second-order valence-corrected chi connectivity index (χ2v) is 5.26. The predicted molar refractivity (Wildman–Crippen MR) is 83.8 cm³/mol. The summed E-state index contributed by atoms with van der Waals surface area (Å²) >= 11 is 5.83. The van der Waals surface area contributed by atoms with E-state index in [9.17, 15) is 9.59 Å². The van der Waals surface area contributed by atoms with Crippen LogP contribution in [0.1, 0.15) is 26.7 Å². The second-order valence-electron chi connectivity index (χ2n) is 4.82. The van der Waals surface area contributed by atoms with Crippen LogP contribution >= 0.6 is 11.6 Å². The molecule has 1 unspecified atom stereocenters. The Balaban J connectivity index is 2.83. The molecule has 0 fully saturated rings. The summed E-state index contributed by atoms with van der Waals surface area (Å²) < 4.78 is 0. The van der Waals surface area contributed by atoms with Crippen LogP contribution in [0, 0.1) is 0 Å². The number of rotatable bonds is 8. The molecule has 0 bridgehead atoms. The van der Waals surface area contributed by atoms with Crippen molar-refractivity contribution >= 4 is 29.2 Å². The Morgan fingerprint density at radius 1 is 1.33 bits per heavy atom. The maximum atomic E-state index is 12.1. The monoisotopic (exact) mass is 312 g/mol. The summed E-state index contributed by atoms with van der Waals surface area (Å²) in [5, 5.41) is 12.4. The number of anilines is 1. The van der Waals surface area contributed by atoms with Crippen LogP contribution in [0.15, 0.2) is 24.3 Å². The van der Waals surface area contributed by atoms with Crippen molar-refractivity contribution in [1.29, 1.82) is 0 Å². The molecular formula is C15H21ClN2O3. The number of aliphatic carboxylic acids is 1. The summed E-state index contributed by atoms with van der Waals surface area (Å²) in [5.41, 5.74) is 0.653. The van der Waals surface area contributed by atoms with Gasteiger partial charge in [0, 0.05) is 17.3 Å². The van der Waals surface area contributed by atoms with Crippen LogP contribution in [0.3, 0.4) is 0 Å². The highest BCUT2D eigenvalue weighted by molar-refractivity contribution is 6.30. The second kappa shape index (κ2) is 8.52. The Kier molecular flexibility index (Phi) is 7.02. The molecule has 5 nitrogen and oxygen atoms in total. The molecule has 21 heavy (non-hydrogen) atoms. The van der Waals surface area contributed by atoms with Gasteiger partial charge in [0.05, 0.1) is 0 Å². The first kappa shape index (κ1) is 17.3. The van der Waals surface area contributed by atoms with Crippen molar-refractivity contribution in [3.05, 3.63) is 29.3 Å². The topological polar surface area (TPSA) is 69.6 Å². The number of carbonyl (C=O) groups excluding carboxylic acids is 1. The van der Waals surface area contributed by atoms with Gasteiger partial charge in [-0.2, -0.15) is 0 Å². The van der Waals surface area contributed by atoms with Crippen LogP contribution in [-0.2, 0) is 9.59 Å². The number of unbranched alkanes of at least 4 members (excludes halogenated alkanes) is 1. The lowest BCUT2D eigenvalue weighted by Gasteiger charge is -2.29. The Bertz CT molecular complexity index is 476. The molecule has 2 N–H and O–H groups in total. The number of halogens is 1. The lowest BCUT2D eigenvalue weighted by atomic mass is 10.2. The quantitative estimate of drug-likeness (QED) is 0.724. The van der Waals surface area contributed by atoms with E-state index in [0.29, 0.717) is 17.3 Å². The molecule has 0 aliphatic rings. The number of amides is 1. The van der Waals surface area contributed by atoms with E-state index in [0.717, 1.165) is 12.8 Å². The van der Waals surface area contributed by atoms with Gasteiger partial charge in [-0.25, -0.2) is 0 Å². The molecule has 1 atom stereocenters. The van der Waals surface area contributed by atoms with E-state index in [4.69, 9.17) is 16.7 Å². The zero-order chi connectivity index (χ0) is 15.8. The van der Waals surface area contributed by atoms with Gasteiger partial charge >= 0.3 is 5.97 Å².